The molecule has 4 atom stereocenters. The SMILES string of the molecule is CC1=CC[C@@H]2C(=O)N(c3cccc(OC(=O)[C@@H]4CC(=O)N([C@@H](C)c5ccccc5)C4)c3)C(=O)[C@@H]2C1. The predicted molar refractivity (Wildman–Crippen MR) is 129 cm³/mol. The Morgan fingerprint density at radius 2 is 1.71 bits per heavy atom. The van der Waals surface area contributed by atoms with E-state index in [0.717, 1.165) is 11.1 Å². The molecule has 0 bridgehead atoms. The molecule has 35 heavy (non-hydrogen) atoms. The first-order valence-electron chi connectivity index (χ1n) is 12.0. The van der Waals surface area contributed by atoms with E-state index in [1.807, 2.05) is 50.3 Å². The zero-order valence-corrected chi connectivity index (χ0v) is 19.8. The van der Waals surface area contributed by atoms with E-state index in [9.17, 15) is 19.2 Å². The lowest BCUT2D eigenvalue weighted by Crippen LogP contribution is -2.31. The van der Waals surface area contributed by atoms with Crippen molar-refractivity contribution in [3.63, 3.8) is 0 Å². The van der Waals surface area contributed by atoms with Crippen LogP contribution in [-0.2, 0) is 19.2 Å². The first-order valence-corrected chi connectivity index (χ1v) is 12.0. The van der Waals surface area contributed by atoms with Gasteiger partial charge in [0.2, 0.25) is 17.7 Å². The van der Waals surface area contributed by atoms with Crippen LogP contribution < -0.4 is 9.64 Å². The molecule has 2 heterocycles. The van der Waals surface area contributed by atoms with Gasteiger partial charge in [-0.2, -0.15) is 0 Å². The van der Waals surface area contributed by atoms with Crippen molar-refractivity contribution in [3.05, 3.63) is 71.8 Å². The lowest BCUT2D eigenvalue weighted by Gasteiger charge is -2.25. The summed E-state index contributed by atoms with van der Waals surface area (Å²) in [5.74, 6) is -1.99. The Balaban J connectivity index is 1.27. The molecule has 5 rings (SSSR count). The number of nitrogens with zero attached hydrogens (tertiary/aromatic N) is 2. The molecule has 2 fully saturated rings. The Kier molecular flexibility index (Phi) is 6.01. The van der Waals surface area contributed by atoms with Gasteiger partial charge < -0.3 is 9.64 Å². The fourth-order valence-electron chi connectivity index (χ4n) is 5.35. The van der Waals surface area contributed by atoms with E-state index >= 15 is 0 Å². The average Bonchev–Trinajstić information content (AvgIpc) is 3.36. The Morgan fingerprint density at radius 3 is 2.49 bits per heavy atom. The molecule has 7 heteroatoms. The second kappa shape index (κ2) is 9.13. The number of amides is 3. The molecule has 0 N–H and O–H groups in total. The first kappa shape index (κ1) is 23.0. The smallest absolute Gasteiger partial charge is 0.316 e. The number of rotatable bonds is 5. The molecule has 0 saturated carbocycles. The van der Waals surface area contributed by atoms with E-state index < -0.39 is 11.9 Å². The maximum Gasteiger partial charge on any atom is 0.316 e. The quantitative estimate of drug-likeness (QED) is 0.284. The molecule has 180 valence electrons. The van der Waals surface area contributed by atoms with Gasteiger partial charge in [-0.15, -0.1) is 0 Å². The number of allylic oxidation sites excluding steroid dienone is 2. The fourth-order valence-corrected chi connectivity index (χ4v) is 5.35. The van der Waals surface area contributed by atoms with Gasteiger partial charge >= 0.3 is 5.97 Å². The normalized spacial score (nSPS) is 24.9. The molecule has 3 aliphatic rings. The Morgan fingerprint density at radius 1 is 0.971 bits per heavy atom. The molecule has 2 aromatic carbocycles. The molecule has 0 aromatic heterocycles. The highest BCUT2D eigenvalue weighted by Gasteiger charge is 2.48. The van der Waals surface area contributed by atoms with Crippen molar-refractivity contribution in [2.24, 2.45) is 17.8 Å². The van der Waals surface area contributed by atoms with Crippen LogP contribution in [0.25, 0.3) is 0 Å². The summed E-state index contributed by atoms with van der Waals surface area (Å²) in [4.78, 5) is 54.5. The number of carbonyl (C=O) groups excluding carboxylic acids is 4. The number of benzene rings is 2. The van der Waals surface area contributed by atoms with E-state index in [4.69, 9.17) is 4.74 Å². The number of imide groups is 1. The van der Waals surface area contributed by atoms with Crippen molar-refractivity contribution in [2.75, 3.05) is 11.4 Å². The zero-order valence-electron chi connectivity index (χ0n) is 19.8. The summed E-state index contributed by atoms with van der Waals surface area (Å²) in [5, 5.41) is 0. The molecule has 2 aromatic rings. The summed E-state index contributed by atoms with van der Waals surface area (Å²) in [7, 11) is 0. The number of anilines is 1. The van der Waals surface area contributed by atoms with E-state index in [-0.39, 0.29) is 54.3 Å². The van der Waals surface area contributed by atoms with Crippen LogP contribution in [0.4, 0.5) is 5.69 Å². The van der Waals surface area contributed by atoms with Crippen LogP contribution in [0, 0.1) is 17.8 Å². The minimum absolute atomic E-state index is 0.0863. The van der Waals surface area contributed by atoms with Crippen molar-refractivity contribution < 1.29 is 23.9 Å². The van der Waals surface area contributed by atoms with E-state index in [1.54, 1.807) is 29.2 Å². The van der Waals surface area contributed by atoms with Gasteiger partial charge in [-0.05, 0) is 44.4 Å². The van der Waals surface area contributed by atoms with Crippen LogP contribution in [0.5, 0.6) is 5.75 Å². The molecule has 0 radical (unpaired) electrons. The standard InChI is InChI=1S/C28H28N2O5/c1-17-11-12-23-24(13-17)27(33)30(26(23)32)21-9-6-10-22(15-21)35-28(34)20-14-25(31)29(16-20)18(2)19-7-4-3-5-8-19/h3-11,15,18,20,23-24H,12-14,16H2,1-2H3/t18-,20+,23-,24+/m0/s1. The van der Waals surface area contributed by atoms with Crippen LogP contribution in [0.3, 0.4) is 0 Å². The van der Waals surface area contributed by atoms with Crippen LogP contribution >= 0.6 is 0 Å². The average molecular weight is 473 g/mol. The van der Waals surface area contributed by atoms with Gasteiger partial charge in [0.25, 0.3) is 0 Å². The number of hydrogen-bond acceptors (Lipinski definition) is 5. The lowest BCUT2D eigenvalue weighted by molar-refractivity contribution is -0.139. The molecule has 0 unspecified atom stereocenters. The first-order chi connectivity index (χ1) is 16.8. The van der Waals surface area contributed by atoms with Crippen molar-refractivity contribution in [1.82, 2.24) is 4.90 Å². The van der Waals surface area contributed by atoms with Crippen LogP contribution in [0.1, 0.15) is 44.7 Å². The van der Waals surface area contributed by atoms with Crippen molar-refractivity contribution >= 4 is 29.4 Å². The molecule has 2 saturated heterocycles. The Labute approximate surface area is 204 Å². The van der Waals surface area contributed by atoms with Crippen molar-refractivity contribution in [1.29, 1.82) is 0 Å². The van der Waals surface area contributed by atoms with Gasteiger partial charge in [-0.1, -0.05) is 48.0 Å². The molecule has 7 nitrogen and oxygen atoms in total. The Bertz CT molecular complexity index is 1220. The molecular weight excluding hydrogens is 444 g/mol. The van der Waals surface area contributed by atoms with Crippen molar-refractivity contribution in [2.45, 2.75) is 39.2 Å². The summed E-state index contributed by atoms with van der Waals surface area (Å²) in [5.41, 5.74) is 2.53. The highest BCUT2D eigenvalue weighted by molar-refractivity contribution is 6.22. The van der Waals surface area contributed by atoms with Crippen LogP contribution in [0.2, 0.25) is 0 Å². The highest BCUT2D eigenvalue weighted by Crippen LogP contribution is 2.40. The van der Waals surface area contributed by atoms with Crippen LogP contribution in [-0.4, -0.2) is 35.1 Å². The maximum atomic E-state index is 13.0. The number of fused-ring (bicyclic) bond motifs is 1. The van der Waals surface area contributed by atoms with E-state index in [1.165, 1.54) is 4.90 Å². The summed E-state index contributed by atoms with van der Waals surface area (Å²) in [6.07, 6.45) is 3.28. The maximum absolute atomic E-state index is 13.0. The van der Waals surface area contributed by atoms with E-state index in [2.05, 4.69) is 0 Å². The van der Waals surface area contributed by atoms with Gasteiger partial charge in [0.1, 0.15) is 5.75 Å². The van der Waals surface area contributed by atoms with E-state index in [0.29, 0.717) is 18.5 Å². The number of esters is 1. The minimum Gasteiger partial charge on any atom is -0.426 e. The number of hydrogen-bond donors (Lipinski definition) is 0. The summed E-state index contributed by atoms with van der Waals surface area (Å²) in [6.45, 7) is 4.21. The number of likely N-dealkylation sites (tertiary alicyclic amines) is 1. The largest absolute Gasteiger partial charge is 0.426 e. The highest BCUT2D eigenvalue weighted by atomic mass is 16.5. The molecule has 3 amide bonds. The third-order valence-electron chi connectivity index (χ3n) is 7.36. The third-order valence-corrected chi connectivity index (χ3v) is 7.36. The van der Waals surface area contributed by atoms with Crippen LogP contribution in [0.15, 0.2) is 66.2 Å². The summed E-state index contributed by atoms with van der Waals surface area (Å²) < 4.78 is 5.61. The lowest BCUT2D eigenvalue weighted by atomic mass is 9.82. The van der Waals surface area contributed by atoms with Gasteiger partial charge in [-0.25, -0.2) is 4.90 Å². The molecule has 0 spiro atoms. The number of ether oxygens (including phenoxy) is 1. The molecule has 2 aliphatic heterocycles. The predicted octanol–water partition coefficient (Wildman–Crippen LogP) is 4.05. The number of carbonyl (C=O) groups is 4. The molecular formula is C28H28N2O5. The zero-order chi connectivity index (χ0) is 24.7. The van der Waals surface area contributed by atoms with Gasteiger partial charge in [0, 0.05) is 19.0 Å². The second-order valence-electron chi connectivity index (χ2n) is 9.67. The fraction of sp³-hybridized carbons (Fsp3) is 0.357. The monoisotopic (exact) mass is 472 g/mol. The minimum atomic E-state index is -0.579. The van der Waals surface area contributed by atoms with Gasteiger partial charge in [0.15, 0.2) is 0 Å². The van der Waals surface area contributed by atoms with Gasteiger partial charge in [0.05, 0.1) is 29.5 Å². The third kappa shape index (κ3) is 4.27. The summed E-state index contributed by atoms with van der Waals surface area (Å²) >= 11 is 0. The summed E-state index contributed by atoms with van der Waals surface area (Å²) in [6, 6.07) is 16.1. The van der Waals surface area contributed by atoms with Gasteiger partial charge in [-0.3, -0.25) is 19.2 Å². The topological polar surface area (TPSA) is 84.0 Å². The molecule has 1 aliphatic carbocycles. The van der Waals surface area contributed by atoms with Crippen molar-refractivity contribution in [3.8, 4) is 5.75 Å². The second-order valence-corrected chi connectivity index (χ2v) is 9.67. The Hall–Kier alpha value is -3.74.